The van der Waals surface area contributed by atoms with Gasteiger partial charge in [0.15, 0.2) is 0 Å². The Morgan fingerprint density at radius 2 is 1.75 bits per heavy atom. The molecule has 3 unspecified atom stereocenters. The highest BCUT2D eigenvalue weighted by Gasteiger charge is 2.76. The van der Waals surface area contributed by atoms with E-state index in [0.29, 0.717) is 0 Å². The van der Waals surface area contributed by atoms with E-state index in [9.17, 15) is 38.8 Å². The molecule has 0 aromatic rings. The van der Waals surface area contributed by atoms with Gasteiger partial charge < -0.3 is 24.6 Å². The predicted octanol–water partition coefficient (Wildman–Crippen LogP) is -2.44. The lowest BCUT2D eigenvalue weighted by Crippen LogP contribution is -2.88. The summed E-state index contributed by atoms with van der Waals surface area (Å²) < 4.78 is 34.5. The number of imide groups is 2. The Balaban J connectivity index is 1.46. The molecule has 6 aliphatic rings. The molecule has 6 rings (SSSR count). The highest BCUT2D eigenvalue weighted by molar-refractivity contribution is 7.47. The number of phosphoric ester groups is 1. The van der Waals surface area contributed by atoms with Gasteiger partial charge in [0, 0.05) is 12.8 Å². The minimum absolute atomic E-state index is 0.117. The Hall–Kier alpha value is -2.17. The lowest BCUT2D eigenvalue weighted by Gasteiger charge is -2.67. The maximum atomic E-state index is 13.1. The van der Waals surface area contributed by atoms with Gasteiger partial charge in [0.25, 0.3) is 0 Å². The Morgan fingerprint density at radius 1 is 1.06 bits per heavy atom. The smallest absolute Gasteiger partial charge is 0.394 e. The van der Waals surface area contributed by atoms with E-state index in [0.717, 1.165) is 0 Å². The quantitative estimate of drug-likeness (QED) is 0.223. The first-order chi connectivity index (χ1) is 17.0. The molecule has 0 radical (unpaired) electrons. The van der Waals surface area contributed by atoms with Crippen LogP contribution in [0.4, 0.5) is 9.59 Å². The number of urea groups is 2. The van der Waals surface area contributed by atoms with Crippen molar-refractivity contribution >= 4 is 31.7 Å². The number of nitrogens with zero attached hydrogens (tertiary/aromatic N) is 2. The van der Waals surface area contributed by atoms with Crippen LogP contribution in [-0.2, 0) is 32.7 Å². The van der Waals surface area contributed by atoms with E-state index in [-0.39, 0.29) is 12.8 Å². The van der Waals surface area contributed by atoms with Gasteiger partial charge in [-0.1, -0.05) is 0 Å². The number of hydrogen-bond acceptors (Lipinski definition) is 11. The third kappa shape index (κ3) is 3.23. The van der Waals surface area contributed by atoms with Crippen LogP contribution in [0.2, 0.25) is 0 Å². The molecule has 5 saturated heterocycles. The fraction of sp³-hybridized carbons (Fsp3) is 0.789. The van der Waals surface area contributed by atoms with E-state index in [2.05, 4.69) is 10.6 Å². The lowest BCUT2D eigenvalue weighted by molar-refractivity contribution is -0.213. The molecule has 4 bridgehead atoms. The molecule has 1 aliphatic carbocycles. The molecule has 5 aliphatic heterocycles. The van der Waals surface area contributed by atoms with Gasteiger partial charge in [0.05, 0.1) is 42.7 Å². The van der Waals surface area contributed by atoms with Crippen molar-refractivity contribution in [1.29, 1.82) is 0 Å². The lowest BCUT2D eigenvalue weighted by atomic mass is 9.50. The molecule has 11 atom stereocenters. The standard InChI is InChI=1S/C19H25N4O12P/c1-19-12-13-14(19)23(18(29)21-16(19)27)11-3-7(8(4-24)33-11)35-36(30,31)32-5-9-6(25)2-10(34-9)22(13)17(28)20-15(12)26/h6-14,24-25H,2-5H2,1H3,(H,30,31)(H,20,26,28)(H,21,27,29)/t6?,7?,8-,9-,10+,11+,12+,13+,14-,19+/m1/s1. The average Bonchev–Trinajstić information content (AvgIpc) is 3.35. The second-order valence-corrected chi connectivity index (χ2v) is 11.4. The summed E-state index contributed by atoms with van der Waals surface area (Å²) in [6.45, 7) is 0.325. The highest BCUT2D eigenvalue weighted by atomic mass is 31.2. The molecule has 16 nitrogen and oxygen atoms in total. The van der Waals surface area contributed by atoms with E-state index >= 15 is 0 Å². The normalized spacial score (nSPS) is 50.2. The fourth-order valence-electron chi connectivity index (χ4n) is 6.42. The molecule has 0 aromatic carbocycles. The Morgan fingerprint density at radius 3 is 2.47 bits per heavy atom. The summed E-state index contributed by atoms with van der Waals surface area (Å²) in [6, 6.07) is -3.72. The number of carbonyl (C=O) groups excluding carboxylic acids is 4. The van der Waals surface area contributed by atoms with Crippen molar-refractivity contribution in [2.45, 2.75) is 68.7 Å². The summed E-state index contributed by atoms with van der Waals surface area (Å²) >= 11 is 0. The number of ether oxygens (including phenoxy) is 2. The third-order valence-corrected chi connectivity index (χ3v) is 9.11. The number of amides is 6. The summed E-state index contributed by atoms with van der Waals surface area (Å²) in [7, 11) is -4.73. The van der Waals surface area contributed by atoms with E-state index in [1.807, 2.05) is 0 Å². The molecular formula is C19H25N4O12P. The molecule has 17 heteroatoms. The van der Waals surface area contributed by atoms with Gasteiger partial charge in [-0.25, -0.2) is 14.2 Å². The first-order valence-corrected chi connectivity index (χ1v) is 13.0. The number of hydrogen-bond donors (Lipinski definition) is 5. The number of rotatable bonds is 1. The van der Waals surface area contributed by atoms with Crippen molar-refractivity contribution in [2.24, 2.45) is 11.3 Å². The average molecular weight is 532 g/mol. The SMILES string of the molecule is C[C@]12C(=O)NC(=O)N3[C@@H]4CC(OP(=O)(O)OC[C@H]5O[C@@H](CC5O)N5C(=O)NC(=O)[C@@H]1[C@H]5[C@@H]32)[C@@H](CO)O4. The molecule has 5 heterocycles. The number of carbonyl (C=O) groups is 4. The minimum Gasteiger partial charge on any atom is -0.394 e. The topological polar surface area (TPSA) is 214 Å². The van der Waals surface area contributed by atoms with Crippen LogP contribution < -0.4 is 10.6 Å². The summed E-state index contributed by atoms with van der Waals surface area (Å²) in [5, 5.41) is 24.8. The molecule has 0 spiro atoms. The van der Waals surface area contributed by atoms with Gasteiger partial charge in [0.1, 0.15) is 30.8 Å². The van der Waals surface area contributed by atoms with Crippen LogP contribution >= 0.6 is 7.82 Å². The molecule has 0 aromatic heterocycles. The van der Waals surface area contributed by atoms with Gasteiger partial charge in [-0.3, -0.25) is 39.1 Å². The Kier molecular flexibility index (Phi) is 5.32. The maximum absolute atomic E-state index is 13.1. The number of phosphoric acid groups is 1. The van der Waals surface area contributed by atoms with Crippen LogP contribution in [0.15, 0.2) is 0 Å². The van der Waals surface area contributed by atoms with Crippen molar-refractivity contribution in [2.75, 3.05) is 13.2 Å². The summed E-state index contributed by atoms with van der Waals surface area (Å²) in [5.41, 5.74) is -1.46. The molecule has 6 amide bonds. The number of aliphatic hydroxyl groups is 2. The molecule has 36 heavy (non-hydrogen) atoms. The molecular weight excluding hydrogens is 507 g/mol. The van der Waals surface area contributed by atoms with Crippen LogP contribution in [0.25, 0.3) is 0 Å². The zero-order valence-electron chi connectivity index (χ0n) is 18.9. The van der Waals surface area contributed by atoms with E-state index < -0.39 is 105 Å². The van der Waals surface area contributed by atoms with Crippen LogP contribution in [-0.4, -0.2) is 111 Å². The summed E-state index contributed by atoms with van der Waals surface area (Å²) in [4.78, 5) is 64.7. The van der Waals surface area contributed by atoms with Crippen LogP contribution in [0.5, 0.6) is 0 Å². The van der Waals surface area contributed by atoms with Gasteiger partial charge in [-0.2, -0.15) is 0 Å². The van der Waals surface area contributed by atoms with Crippen molar-refractivity contribution in [3.63, 3.8) is 0 Å². The van der Waals surface area contributed by atoms with Crippen LogP contribution in [0.1, 0.15) is 19.8 Å². The van der Waals surface area contributed by atoms with Gasteiger partial charge in [0.2, 0.25) is 11.8 Å². The first kappa shape index (κ1) is 24.2. The summed E-state index contributed by atoms with van der Waals surface area (Å²) in [6.07, 6.45) is -7.14. The zero-order chi connectivity index (χ0) is 25.7. The maximum Gasteiger partial charge on any atom is 0.472 e. The molecule has 5 N–H and O–H groups in total. The number of nitrogens with one attached hydrogen (secondary N) is 2. The molecule has 1 saturated carbocycles. The second kappa shape index (κ2) is 7.91. The van der Waals surface area contributed by atoms with Crippen molar-refractivity contribution in [3.8, 4) is 0 Å². The fourth-order valence-corrected chi connectivity index (χ4v) is 7.38. The monoisotopic (exact) mass is 532 g/mol. The third-order valence-electron chi connectivity index (χ3n) is 8.09. The van der Waals surface area contributed by atoms with Crippen molar-refractivity contribution in [3.05, 3.63) is 0 Å². The van der Waals surface area contributed by atoms with Gasteiger partial charge >= 0.3 is 19.9 Å². The first-order valence-electron chi connectivity index (χ1n) is 11.5. The van der Waals surface area contributed by atoms with Gasteiger partial charge in [-0.15, -0.1) is 0 Å². The second-order valence-electron chi connectivity index (χ2n) is 9.95. The van der Waals surface area contributed by atoms with E-state index in [1.165, 1.54) is 16.7 Å². The Bertz CT molecular complexity index is 1090. The predicted molar refractivity (Wildman–Crippen MR) is 110 cm³/mol. The van der Waals surface area contributed by atoms with E-state index in [1.54, 1.807) is 0 Å². The van der Waals surface area contributed by atoms with Crippen LogP contribution in [0.3, 0.4) is 0 Å². The largest absolute Gasteiger partial charge is 0.472 e. The molecule has 198 valence electrons. The van der Waals surface area contributed by atoms with Gasteiger partial charge in [-0.05, 0) is 6.92 Å². The van der Waals surface area contributed by atoms with Crippen molar-refractivity contribution < 1.29 is 57.4 Å². The molecule has 6 fully saturated rings. The van der Waals surface area contributed by atoms with Crippen LogP contribution in [0, 0.1) is 11.3 Å². The van der Waals surface area contributed by atoms with Crippen molar-refractivity contribution in [1.82, 2.24) is 20.4 Å². The minimum atomic E-state index is -4.73. The summed E-state index contributed by atoms with van der Waals surface area (Å²) in [5.74, 6) is -2.44. The zero-order valence-corrected chi connectivity index (χ0v) is 19.8. The highest BCUT2D eigenvalue weighted by Crippen LogP contribution is 2.57. The number of fused-ring (bicyclic) bond motifs is 7. The Labute approximate surface area is 203 Å². The van der Waals surface area contributed by atoms with E-state index in [4.69, 9.17) is 18.5 Å². The number of aliphatic hydroxyl groups excluding tert-OH is 2.